The molecule has 9 heteroatoms. The van der Waals surface area contributed by atoms with Gasteiger partial charge in [-0.05, 0) is 49.4 Å². The molecule has 1 aromatic carbocycles. The van der Waals surface area contributed by atoms with Gasteiger partial charge in [0.25, 0.3) is 0 Å². The Balaban J connectivity index is 1.64. The number of rotatable bonds is 4. The van der Waals surface area contributed by atoms with Crippen LogP contribution >= 0.6 is 11.6 Å². The van der Waals surface area contributed by atoms with E-state index >= 15 is 0 Å². The fraction of sp³-hybridized carbons (Fsp3) is 0.333. The van der Waals surface area contributed by atoms with E-state index in [0.29, 0.717) is 23.6 Å². The molecule has 4 heterocycles. The second kappa shape index (κ2) is 8.62. The van der Waals surface area contributed by atoms with E-state index in [1.165, 1.54) is 0 Å². The molecule has 1 aliphatic carbocycles. The van der Waals surface area contributed by atoms with Crippen molar-refractivity contribution >= 4 is 33.7 Å². The molecule has 1 aliphatic rings. The van der Waals surface area contributed by atoms with Gasteiger partial charge < -0.3 is 4.57 Å². The molecule has 0 spiro atoms. The average Bonchev–Trinajstić information content (AvgIpc) is 3.36. The molecule has 0 aliphatic heterocycles. The highest BCUT2D eigenvalue weighted by molar-refractivity contribution is 6.30. The zero-order valence-electron chi connectivity index (χ0n) is 20.0. The maximum Gasteiger partial charge on any atom is 0.248 e. The third-order valence-corrected chi connectivity index (χ3v) is 7.56. The number of hydrogen-bond acceptors (Lipinski definition) is 4. The Labute approximate surface area is 211 Å². The summed E-state index contributed by atoms with van der Waals surface area (Å²) < 4.78 is 32.2. The minimum absolute atomic E-state index is 0.00960. The van der Waals surface area contributed by atoms with Crippen molar-refractivity contribution in [2.24, 2.45) is 13.0 Å². The van der Waals surface area contributed by atoms with Crippen LogP contribution in [0.3, 0.4) is 0 Å². The SMILES string of the molecule is Cc1nnn(C)c1-c1cnc2c3ccc(Cl)nc3n(C(c3ccccc3)C3CCC(F)(F)CC3)c2c1. The standard InChI is InChI=1S/C27H25ClF2N6/c1-16-24(35(2)34-33-16)19-14-21-23(31-15-19)20-8-9-22(28)32-26(20)36(21)25(17-6-4-3-5-7-17)18-10-12-27(29,30)13-11-18/h3-9,14-15,18,25H,10-13H2,1-2H3. The first-order chi connectivity index (χ1) is 17.3. The van der Waals surface area contributed by atoms with Crippen LogP contribution in [0.1, 0.15) is 43.0 Å². The number of halogens is 3. The van der Waals surface area contributed by atoms with Crippen LogP contribution in [0, 0.1) is 12.8 Å². The van der Waals surface area contributed by atoms with Gasteiger partial charge in [0.1, 0.15) is 10.8 Å². The monoisotopic (exact) mass is 506 g/mol. The van der Waals surface area contributed by atoms with Crippen LogP contribution in [0.25, 0.3) is 33.3 Å². The smallest absolute Gasteiger partial charge is 0.248 e. The second-order valence-electron chi connectivity index (χ2n) is 9.66. The maximum absolute atomic E-state index is 14.2. The summed E-state index contributed by atoms with van der Waals surface area (Å²) >= 11 is 6.38. The van der Waals surface area contributed by atoms with E-state index in [1.807, 2.05) is 44.4 Å². The molecule has 0 amide bonds. The Bertz CT molecular complexity index is 1550. The van der Waals surface area contributed by atoms with Crippen molar-refractivity contribution in [1.82, 2.24) is 29.5 Å². The van der Waals surface area contributed by atoms with Crippen molar-refractivity contribution in [1.29, 1.82) is 0 Å². The summed E-state index contributed by atoms with van der Waals surface area (Å²) in [5, 5.41) is 9.60. The first-order valence-corrected chi connectivity index (χ1v) is 12.5. The first-order valence-electron chi connectivity index (χ1n) is 12.1. The third kappa shape index (κ3) is 3.84. The summed E-state index contributed by atoms with van der Waals surface area (Å²) in [6.45, 7) is 1.92. The van der Waals surface area contributed by atoms with E-state index < -0.39 is 5.92 Å². The molecular formula is C27H25ClF2N6. The highest BCUT2D eigenvalue weighted by Gasteiger charge is 2.39. The highest BCUT2D eigenvalue weighted by atomic mass is 35.5. The molecular weight excluding hydrogens is 482 g/mol. The number of hydrogen-bond donors (Lipinski definition) is 0. The number of benzene rings is 1. The lowest BCUT2D eigenvalue weighted by atomic mass is 9.79. The Hall–Kier alpha value is -3.39. The van der Waals surface area contributed by atoms with Gasteiger partial charge >= 0.3 is 0 Å². The van der Waals surface area contributed by atoms with Crippen molar-refractivity contribution in [2.45, 2.75) is 44.6 Å². The molecule has 1 unspecified atom stereocenters. The van der Waals surface area contributed by atoms with E-state index in [2.05, 4.69) is 33.1 Å². The molecule has 0 bridgehead atoms. The van der Waals surface area contributed by atoms with Crippen LogP contribution in [0.4, 0.5) is 8.78 Å². The number of aromatic nitrogens is 6. The van der Waals surface area contributed by atoms with E-state index in [1.54, 1.807) is 10.7 Å². The number of alkyl halides is 2. The second-order valence-corrected chi connectivity index (χ2v) is 10.1. The summed E-state index contributed by atoms with van der Waals surface area (Å²) in [5.41, 5.74) is 5.99. The van der Waals surface area contributed by atoms with E-state index in [4.69, 9.17) is 21.6 Å². The first kappa shape index (κ1) is 23.0. The summed E-state index contributed by atoms with van der Waals surface area (Å²) in [4.78, 5) is 9.57. The van der Waals surface area contributed by atoms with Gasteiger partial charge in [-0.2, -0.15) is 0 Å². The molecule has 4 aromatic heterocycles. The molecule has 5 aromatic rings. The zero-order valence-corrected chi connectivity index (χ0v) is 20.8. The van der Waals surface area contributed by atoms with Crippen molar-refractivity contribution < 1.29 is 8.78 Å². The summed E-state index contributed by atoms with van der Waals surface area (Å²) in [5.74, 6) is -2.60. The van der Waals surface area contributed by atoms with Gasteiger partial charge in [-0.3, -0.25) is 4.98 Å². The van der Waals surface area contributed by atoms with Crippen LogP contribution in [0.15, 0.2) is 54.7 Å². The van der Waals surface area contributed by atoms with Crippen molar-refractivity contribution in [3.05, 3.63) is 71.1 Å². The van der Waals surface area contributed by atoms with Crippen molar-refractivity contribution in [3.8, 4) is 11.3 Å². The number of nitrogens with zero attached hydrogens (tertiary/aromatic N) is 6. The van der Waals surface area contributed by atoms with Gasteiger partial charge in [0.05, 0.1) is 28.5 Å². The number of pyridine rings is 2. The molecule has 0 saturated heterocycles. The molecule has 0 radical (unpaired) electrons. The fourth-order valence-corrected chi connectivity index (χ4v) is 5.82. The molecule has 36 heavy (non-hydrogen) atoms. The Morgan fingerprint density at radius 1 is 1.08 bits per heavy atom. The molecule has 1 saturated carbocycles. The molecule has 6 rings (SSSR count). The van der Waals surface area contributed by atoms with E-state index in [0.717, 1.165) is 38.9 Å². The van der Waals surface area contributed by atoms with Crippen LogP contribution in [0.5, 0.6) is 0 Å². The van der Waals surface area contributed by atoms with Gasteiger partial charge in [-0.1, -0.05) is 47.1 Å². The lowest BCUT2D eigenvalue weighted by molar-refractivity contribution is -0.0493. The fourth-order valence-electron chi connectivity index (χ4n) is 5.68. The van der Waals surface area contributed by atoms with Crippen LogP contribution in [0.2, 0.25) is 5.15 Å². The van der Waals surface area contributed by atoms with E-state index in [-0.39, 0.29) is 24.8 Å². The maximum atomic E-state index is 14.2. The minimum atomic E-state index is -2.61. The summed E-state index contributed by atoms with van der Waals surface area (Å²) in [7, 11) is 1.85. The van der Waals surface area contributed by atoms with Gasteiger partial charge in [-0.15, -0.1) is 5.10 Å². The average molecular weight is 507 g/mol. The topological polar surface area (TPSA) is 61.4 Å². The molecule has 0 N–H and O–H groups in total. The number of aryl methyl sites for hydroxylation is 2. The molecule has 1 atom stereocenters. The minimum Gasteiger partial charge on any atom is -0.316 e. The van der Waals surface area contributed by atoms with Crippen LogP contribution in [-0.2, 0) is 7.05 Å². The lowest BCUT2D eigenvalue weighted by Gasteiger charge is -2.35. The summed E-state index contributed by atoms with van der Waals surface area (Å²) in [6.07, 6.45) is 2.44. The quantitative estimate of drug-likeness (QED) is 0.253. The zero-order chi connectivity index (χ0) is 25.0. The summed E-state index contributed by atoms with van der Waals surface area (Å²) in [6, 6.07) is 15.6. The van der Waals surface area contributed by atoms with Gasteiger partial charge in [0, 0.05) is 37.0 Å². The van der Waals surface area contributed by atoms with Crippen molar-refractivity contribution in [3.63, 3.8) is 0 Å². The van der Waals surface area contributed by atoms with Gasteiger partial charge in [-0.25, -0.2) is 18.4 Å². The predicted octanol–water partition coefficient (Wildman–Crippen LogP) is 6.76. The Kier molecular flexibility index (Phi) is 5.52. The molecule has 6 nitrogen and oxygen atoms in total. The van der Waals surface area contributed by atoms with Crippen LogP contribution in [-0.4, -0.2) is 35.5 Å². The van der Waals surface area contributed by atoms with Crippen molar-refractivity contribution in [2.75, 3.05) is 0 Å². The van der Waals surface area contributed by atoms with Gasteiger partial charge in [0.15, 0.2) is 0 Å². The normalized spacial score (nSPS) is 17.1. The number of fused-ring (bicyclic) bond motifs is 3. The third-order valence-electron chi connectivity index (χ3n) is 7.35. The molecule has 184 valence electrons. The molecule has 1 fully saturated rings. The lowest BCUT2D eigenvalue weighted by Crippen LogP contribution is -2.30. The Morgan fingerprint density at radius 2 is 1.83 bits per heavy atom. The van der Waals surface area contributed by atoms with Crippen LogP contribution < -0.4 is 0 Å². The predicted molar refractivity (Wildman–Crippen MR) is 136 cm³/mol. The Morgan fingerprint density at radius 3 is 2.53 bits per heavy atom. The van der Waals surface area contributed by atoms with Gasteiger partial charge in [0.2, 0.25) is 5.92 Å². The van der Waals surface area contributed by atoms with E-state index in [9.17, 15) is 8.78 Å². The highest BCUT2D eigenvalue weighted by Crippen LogP contribution is 2.45. The largest absolute Gasteiger partial charge is 0.316 e.